The Labute approximate surface area is 72.8 Å². The predicted molar refractivity (Wildman–Crippen MR) is 44.8 cm³/mol. The van der Waals surface area contributed by atoms with E-state index in [-0.39, 0.29) is 6.61 Å². The van der Waals surface area contributed by atoms with Crippen molar-refractivity contribution in [2.45, 2.75) is 32.0 Å². The largest absolute Gasteiger partial charge is 0.394 e. The molecule has 0 unspecified atom stereocenters. The second kappa shape index (κ2) is 7.49. The third kappa shape index (κ3) is 5.49. The molecule has 0 aromatic rings. The summed E-state index contributed by atoms with van der Waals surface area (Å²) in [5.74, 6) is 0. The Morgan fingerprint density at radius 2 is 1.92 bits per heavy atom. The van der Waals surface area contributed by atoms with Gasteiger partial charge in [0, 0.05) is 6.61 Å². The molecule has 0 heterocycles. The normalized spacial score (nSPS) is 16.0. The summed E-state index contributed by atoms with van der Waals surface area (Å²) in [6.45, 7) is 2.29. The summed E-state index contributed by atoms with van der Waals surface area (Å²) >= 11 is 0. The maximum Gasteiger partial charge on any atom is 0.105 e. The van der Waals surface area contributed by atoms with Gasteiger partial charge in [-0.05, 0) is 6.42 Å². The maximum atomic E-state index is 9.08. The SMILES string of the molecule is CCCCOC[C@H](O)[C@@H](O)CO. The monoisotopic (exact) mass is 178 g/mol. The first-order valence-electron chi connectivity index (χ1n) is 4.27. The minimum absolute atomic E-state index is 0.0850. The van der Waals surface area contributed by atoms with Crippen molar-refractivity contribution in [1.82, 2.24) is 0 Å². The van der Waals surface area contributed by atoms with E-state index in [0.717, 1.165) is 12.8 Å². The van der Waals surface area contributed by atoms with Gasteiger partial charge in [0.1, 0.15) is 12.2 Å². The number of aliphatic hydroxyl groups is 3. The van der Waals surface area contributed by atoms with E-state index in [2.05, 4.69) is 0 Å². The fourth-order valence-electron chi connectivity index (χ4n) is 0.683. The Hall–Kier alpha value is -0.160. The Bertz CT molecular complexity index is 97.1. The van der Waals surface area contributed by atoms with E-state index in [1.807, 2.05) is 6.92 Å². The highest BCUT2D eigenvalue weighted by Gasteiger charge is 2.14. The van der Waals surface area contributed by atoms with Crippen LogP contribution in [0, 0.1) is 0 Å². The van der Waals surface area contributed by atoms with Gasteiger partial charge in [0.05, 0.1) is 13.2 Å². The van der Waals surface area contributed by atoms with Crippen LogP contribution in [0.3, 0.4) is 0 Å². The summed E-state index contributed by atoms with van der Waals surface area (Å²) in [7, 11) is 0. The van der Waals surface area contributed by atoms with E-state index in [1.54, 1.807) is 0 Å². The molecule has 0 amide bonds. The standard InChI is InChI=1S/C8H18O4/c1-2-3-4-12-6-8(11)7(10)5-9/h7-11H,2-6H2,1H3/t7-,8-/m0/s1. The lowest BCUT2D eigenvalue weighted by Gasteiger charge is -2.15. The number of rotatable bonds is 7. The van der Waals surface area contributed by atoms with Gasteiger partial charge in [0.15, 0.2) is 0 Å². The van der Waals surface area contributed by atoms with Crippen LogP contribution in [0.4, 0.5) is 0 Å². The van der Waals surface area contributed by atoms with Gasteiger partial charge >= 0.3 is 0 Å². The van der Waals surface area contributed by atoms with E-state index < -0.39 is 18.8 Å². The van der Waals surface area contributed by atoms with Crippen LogP contribution in [0.15, 0.2) is 0 Å². The summed E-state index contributed by atoms with van der Waals surface area (Å²) < 4.78 is 5.04. The second-order valence-corrected chi connectivity index (χ2v) is 2.75. The third-order valence-electron chi connectivity index (χ3n) is 1.56. The minimum Gasteiger partial charge on any atom is -0.394 e. The smallest absolute Gasteiger partial charge is 0.105 e. The molecule has 0 aliphatic heterocycles. The highest BCUT2D eigenvalue weighted by Crippen LogP contribution is 1.95. The second-order valence-electron chi connectivity index (χ2n) is 2.75. The van der Waals surface area contributed by atoms with Crippen LogP contribution in [0.2, 0.25) is 0 Å². The molecule has 0 spiro atoms. The number of hydrogen-bond donors (Lipinski definition) is 3. The van der Waals surface area contributed by atoms with E-state index in [1.165, 1.54) is 0 Å². The topological polar surface area (TPSA) is 69.9 Å². The zero-order valence-corrected chi connectivity index (χ0v) is 7.44. The van der Waals surface area contributed by atoms with Crippen molar-refractivity contribution in [2.75, 3.05) is 19.8 Å². The van der Waals surface area contributed by atoms with Crippen LogP contribution in [0.5, 0.6) is 0 Å². The van der Waals surface area contributed by atoms with Crippen molar-refractivity contribution < 1.29 is 20.1 Å². The zero-order valence-electron chi connectivity index (χ0n) is 7.44. The van der Waals surface area contributed by atoms with Crippen molar-refractivity contribution in [3.05, 3.63) is 0 Å². The summed E-state index contributed by atoms with van der Waals surface area (Å²) in [6.07, 6.45) is -0.0842. The van der Waals surface area contributed by atoms with Gasteiger partial charge in [0.25, 0.3) is 0 Å². The molecule has 3 N–H and O–H groups in total. The Morgan fingerprint density at radius 3 is 2.42 bits per heavy atom. The quantitative estimate of drug-likeness (QED) is 0.460. The van der Waals surface area contributed by atoms with E-state index in [4.69, 9.17) is 20.1 Å². The van der Waals surface area contributed by atoms with E-state index in [0.29, 0.717) is 6.61 Å². The lowest BCUT2D eigenvalue weighted by Crippen LogP contribution is -2.33. The van der Waals surface area contributed by atoms with Crippen molar-refractivity contribution in [2.24, 2.45) is 0 Å². The highest BCUT2D eigenvalue weighted by atomic mass is 16.5. The molecule has 0 aliphatic rings. The predicted octanol–water partition coefficient (Wildman–Crippen LogP) is -0.483. The summed E-state index contributed by atoms with van der Waals surface area (Å²) in [5.41, 5.74) is 0. The Morgan fingerprint density at radius 1 is 1.25 bits per heavy atom. The van der Waals surface area contributed by atoms with Crippen LogP contribution in [-0.4, -0.2) is 47.3 Å². The van der Waals surface area contributed by atoms with Gasteiger partial charge in [0.2, 0.25) is 0 Å². The number of hydrogen-bond acceptors (Lipinski definition) is 4. The van der Waals surface area contributed by atoms with Crippen molar-refractivity contribution in [3.8, 4) is 0 Å². The molecule has 4 heteroatoms. The van der Waals surface area contributed by atoms with Gasteiger partial charge in [-0.2, -0.15) is 0 Å². The molecular formula is C8H18O4. The molecular weight excluding hydrogens is 160 g/mol. The molecule has 0 saturated carbocycles. The molecule has 0 fully saturated rings. The molecule has 0 aromatic heterocycles. The van der Waals surface area contributed by atoms with Crippen molar-refractivity contribution in [1.29, 1.82) is 0 Å². The van der Waals surface area contributed by atoms with Crippen LogP contribution in [-0.2, 0) is 4.74 Å². The van der Waals surface area contributed by atoms with Gasteiger partial charge in [-0.15, -0.1) is 0 Å². The molecule has 0 aromatic carbocycles. The third-order valence-corrected chi connectivity index (χ3v) is 1.56. The first-order chi connectivity index (χ1) is 5.72. The summed E-state index contributed by atoms with van der Waals surface area (Å²) in [4.78, 5) is 0. The van der Waals surface area contributed by atoms with E-state index >= 15 is 0 Å². The highest BCUT2D eigenvalue weighted by molar-refractivity contribution is 4.64. The Balaban J connectivity index is 3.24. The lowest BCUT2D eigenvalue weighted by atomic mass is 10.2. The average Bonchev–Trinajstić information content (AvgIpc) is 2.10. The molecule has 0 saturated heterocycles. The number of aliphatic hydroxyl groups excluding tert-OH is 3. The van der Waals surface area contributed by atoms with Crippen LogP contribution in [0.25, 0.3) is 0 Å². The molecule has 2 atom stereocenters. The molecule has 4 nitrogen and oxygen atoms in total. The summed E-state index contributed by atoms with van der Waals surface area (Å²) in [6, 6.07) is 0. The van der Waals surface area contributed by atoms with E-state index in [9.17, 15) is 0 Å². The molecule has 0 rings (SSSR count). The van der Waals surface area contributed by atoms with Gasteiger partial charge in [-0.1, -0.05) is 13.3 Å². The Kier molecular flexibility index (Phi) is 7.39. The fourth-order valence-corrected chi connectivity index (χ4v) is 0.683. The van der Waals surface area contributed by atoms with Gasteiger partial charge in [-0.25, -0.2) is 0 Å². The fraction of sp³-hybridized carbons (Fsp3) is 1.00. The first-order valence-corrected chi connectivity index (χ1v) is 4.27. The average molecular weight is 178 g/mol. The van der Waals surface area contributed by atoms with Crippen LogP contribution < -0.4 is 0 Å². The molecule has 0 radical (unpaired) electrons. The summed E-state index contributed by atoms with van der Waals surface area (Å²) in [5, 5.41) is 26.4. The van der Waals surface area contributed by atoms with Crippen LogP contribution >= 0.6 is 0 Å². The number of ether oxygens (including phenoxy) is 1. The van der Waals surface area contributed by atoms with Crippen LogP contribution in [0.1, 0.15) is 19.8 Å². The molecule has 12 heavy (non-hydrogen) atoms. The van der Waals surface area contributed by atoms with Gasteiger partial charge < -0.3 is 20.1 Å². The number of unbranched alkanes of at least 4 members (excludes halogenated alkanes) is 1. The molecule has 74 valence electrons. The first kappa shape index (κ1) is 11.8. The lowest BCUT2D eigenvalue weighted by molar-refractivity contribution is -0.0569. The maximum absolute atomic E-state index is 9.08. The minimum atomic E-state index is -1.09. The zero-order chi connectivity index (χ0) is 9.40. The van der Waals surface area contributed by atoms with Crippen molar-refractivity contribution in [3.63, 3.8) is 0 Å². The molecule has 0 bridgehead atoms. The van der Waals surface area contributed by atoms with Crippen molar-refractivity contribution >= 4 is 0 Å². The molecule has 0 aliphatic carbocycles. The van der Waals surface area contributed by atoms with Gasteiger partial charge in [-0.3, -0.25) is 0 Å².